The normalized spacial score (nSPS) is 11.0. The average molecular weight is 248 g/mol. The third kappa shape index (κ3) is 3.40. The van der Waals surface area contributed by atoms with Gasteiger partial charge in [0.25, 0.3) is 0 Å². The van der Waals surface area contributed by atoms with Crippen molar-refractivity contribution in [1.29, 1.82) is 0 Å². The molecule has 6 heteroatoms. The molecule has 0 aromatic carbocycles. The maximum Gasteiger partial charge on any atom is 0.110 e. The summed E-state index contributed by atoms with van der Waals surface area (Å²) in [6.45, 7) is 1.56. The van der Waals surface area contributed by atoms with Crippen LogP contribution in [0.25, 0.3) is 0 Å². The fourth-order valence-electron chi connectivity index (χ4n) is 1.86. The highest BCUT2D eigenvalue weighted by Gasteiger charge is 2.03. The van der Waals surface area contributed by atoms with Gasteiger partial charge in [0.2, 0.25) is 0 Å². The second-order valence-electron chi connectivity index (χ2n) is 4.42. The lowest BCUT2D eigenvalue weighted by molar-refractivity contribution is 0.569. The summed E-state index contributed by atoms with van der Waals surface area (Å²) < 4.78 is 3.91. The van der Waals surface area contributed by atoms with Crippen LogP contribution in [0.1, 0.15) is 24.4 Å². The smallest absolute Gasteiger partial charge is 0.110 e. The molecule has 18 heavy (non-hydrogen) atoms. The minimum Gasteiger partial charge on any atom is -0.338 e. The van der Waals surface area contributed by atoms with Gasteiger partial charge < -0.3 is 10.3 Å². The van der Waals surface area contributed by atoms with Gasteiger partial charge in [0.1, 0.15) is 5.82 Å². The van der Waals surface area contributed by atoms with Crippen molar-refractivity contribution in [3.05, 3.63) is 30.1 Å². The number of aryl methyl sites for hydroxylation is 4. The molecule has 0 saturated carbocycles. The van der Waals surface area contributed by atoms with Gasteiger partial charge in [-0.1, -0.05) is 5.21 Å². The first-order valence-electron chi connectivity index (χ1n) is 6.35. The Morgan fingerprint density at radius 1 is 1.28 bits per heavy atom. The predicted octanol–water partition coefficient (Wildman–Crippen LogP) is 0.536. The summed E-state index contributed by atoms with van der Waals surface area (Å²) in [6.07, 6.45) is 9.73. The quantitative estimate of drug-likeness (QED) is 0.726. The number of hydrogen-bond acceptors (Lipinski definition) is 4. The topological polar surface area (TPSA) is 74.5 Å². The third-order valence-electron chi connectivity index (χ3n) is 2.96. The highest BCUT2D eigenvalue weighted by molar-refractivity contribution is 4.94. The molecule has 6 nitrogen and oxygen atoms in total. The molecule has 0 aliphatic carbocycles. The van der Waals surface area contributed by atoms with Crippen LogP contribution in [0, 0.1) is 0 Å². The van der Waals surface area contributed by atoms with Gasteiger partial charge in [0.15, 0.2) is 0 Å². The highest BCUT2D eigenvalue weighted by Crippen LogP contribution is 2.02. The van der Waals surface area contributed by atoms with Gasteiger partial charge in [-0.2, -0.15) is 0 Å². The molecule has 2 aromatic rings. The van der Waals surface area contributed by atoms with E-state index < -0.39 is 0 Å². The Hall–Kier alpha value is -1.69. The van der Waals surface area contributed by atoms with Gasteiger partial charge in [0.05, 0.1) is 5.69 Å². The van der Waals surface area contributed by atoms with Crippen molar-refractivity contribution in [2.45, 2.75) is 32.2 Å². The van der Waals surface area contributed by atoms with Crippen LogP contribution in [-0.4, -0.2) is 31.1 Å². The fourth-order valence-corrected chi connectivity index (χ4v) is 1.86. The summed E-state index contributed by atoms with van der Waals surface area (Å²) in [7, 11) is 2.00. The molecule has 0 unspecified atom stereocenters. The number of imidazole rings is 1. The van der Waals surface area contributed by atoms with Crippen LogP contribution in [0.2, 0.25) is 0 Å². The van der Waals surface area contributed by atoms with E-state index in [4.69, 9.17) is 5.73 Å². The van der Waals surface area contributed by atoms with E-state index in [9.17, 15) is 0 Å². The van der Waals surface area contributed by atoms with Crippen molar-refractivity contribution in [1.82, 2.24) is 24.5 Å². The molecule has 0 saturated heterocycles. The summed E-state index contributed by atoms with van der Waals surface area (Å²) in [5.74, 6) is 1.06. The number of aromatic nitrogens is 5. The largest absolute Gasteiger partial charge is 0.338 e. The zero-order chi connectivity index (χ0) is 12.8. The monoisotopic (exact) mass is 248 g/mol. The van der Waals surface area contributed by atoms with Crippen LogP contribution in [0.3, 0.4) is 0 Å². The standard InChI is InChI=1S/C12H20N6/c1-17-9-7-14-12(17)5-8-18-10-11(15-16-18)4-2-3-6-13/h7,9-10H,2-6,8,13H2,1H3. The maximum absolute atomic E-state index is 5.46. The van der Waals surface area contributed by atoms with E-state index in [1.165, 1.54) is 0 Å². The van der Waals surface area contributed by atoms with Crippen molar-refractivity contribution in [3.8, 4) is 0 Å². The molecule has 2 heterocycles. The Morgan fingerprint density at radius 3 is 2.89 bits per heavy atom. The van der Waals surface area contributed by atoms with E-state index in [-0.39, 0.29) is 0 Å². The summed E-state index contributed by atoms with van der Waals surface area (Å²) in [4.78, 5) is 4.29. The molecule has 0 atom stereocenters. The van der Waals surface area contributed by atoms with Gasteiger partial charge in [-0.25, -0.2) is 4.98 Å². The van der Waals surface area contributed by atoms with Crippen LogP contribution < -0.4 is 5.73 Å². The molecule has 2 rings (SSSR count). The third-order valence-corrected chi connectivity index (χ3v) is 2.96. The number of hydrogen-bond donors (Lipinski definition) is 1. The average Bonchev–Trinajstić information content (AvgIpc) is 2.96. The van der Waals surface area contributed by atoms with Gasteiger partial charge in [-0.15, -0.1) is 5.10 Å². The van der Waals surface area contributed by atoms with Crippen LogP contribution in [0.15, 0.2) is 18.6 Å². The van der Waals surface area contributed by atoms with Crippen LogP contribution in [-0.2, 0) is 26.4 Å². The van der Waals surface area contributed by atoms with Gasteiger partial charge >= 0.3 is 0 Å². The van der Waals surface area contributed by atoms with Crippen LogP contribution >= 0.6 is 0 Å². The van der Waals surface area contributed by atoms with E-state index in [2.05, 4.69) is 15.3 Å². The maximum atomic E-state index is 5.46. The van der Waals surface area contributed by atoms with E-state index in [1.54, 1.807) is 0 Å². The Balaban J connectivity index is 1.81. The van der Waals surface area contributed by atoms with Gasteiger partial charge in [0, 0.05) is 38.6 Å². The molecule has 0 spiro atoms. The fraction of sp³-hybridized carbons (Fsp3) is 0.583. The number of unbranched alkanes of at least 4 members (excludes halogenated alkanes) is 1. The zero-order valence-corrected chi connectivity index (χ0v) is 10.8. The van der Waals surface area contributed by atoms with Crippen molar-refractivity contribution in [2.75, 3.05) is 6.54 Å². The van der Waals surface area contributed by atoms with Crippen molar-refractivity contribution in [2.24, 2.45) is 12.8 Å². The molecule has 2 aromatic heterocycles. The van der Waals surface area contributed by atoms with Gasteiger partial charge in [-0.3, -0.25) is 4.68 Å². The molecule has 0 fully saturated rings. The first kappa shape index (κ1) is 12.8. The predicted molar refractivity (Wildman–Crippen MR) is 68.9 cm³/mol. The highest BCUT2D eigenvalue weighted by atomic mass is 15.4. The first-order chi connectivity index (χ1) is 8.79. The van der Waals surface area contributed by atoms with Crippen molar-refractivity contribution < 1.29 is 0 Å². The number of nitrogens with zero attached hydrogens (tertiary/aromatic N) is 5. The minimum absolute atomic E-state index is 0.743. The Bertz CT molecular complexity index is 472. The van der Waals surface area contributed by atoms with E-state index in [0.29, 0.717) is 0 Å². The second-order valence-corrected chi connectivity index (χ2v) is 4.42. The molecular formula is C12H20N6. The first-order valence-corrected chi connectivity index (χ1v) is 6.35. The Kier molecular flexibility index (Phi) is 4.46. The lowest BCUT2D eigenvalue weighted by atomic mass is 10.2. The molecule has 98 valence electrons. The lowest BCUT2D eigenvalue weighted by Gasteiger charge is -2.01. The summed E-state index contributed by atoms with van der Waals surface area (Å²) in [5, 5.41) is 8.28. The molecule has 0 amide bonds. The van der Waals surface area contributed by atoms with Crippen molar-refractivity contribution in [3.63, 3.8) is 0 Å². The molecule has 2 N–H and O–H groups in total. The summed E-state index contributed by atoms with van der Waals surface area (Å²) in [6, 6.07) is 0. The van der Waals surface area contributed by atoms with Crippen molar-refractivity contribution >= 4 is 0 Å². The minimum atomic E-state index is 0.743. The lowest BCUT2D eigenvalue weighted by Crippen LogP contribution is -2.06. The molecule has 0 aliphatic rings. The van der Waals surface area contributed by atoms with E-state index in [0.717, 1.165) is 50.3 Å². The van der Waals surface area contributed by atoms with Crippen LogP contribution in [0.5, 0.6) is 0 Å². The zero-order valence-electron chi connectivity index (χ0n) is 10.8. The summed E-state index contributed by atoms with van der Waals surface area (Å²) >= 11 is 0. The van der Waals surface area contributed by atoms with E-state index >= 15 is 0 Å². The van der Waals surface area contributed by atoms with Crippen LogP contribution in [0.4, 0.5) is 0 Å². The molecule has 0 radical (unpaired) electrons. The SMILES string of the molecule is Cn1ccnc1CCn1cc(CCCCN)nn1. The Labute approximate surface area is 107 Å². The number of nitrogens with two attached hydrogens (primary N) is 1. The Morgan fingerprint density at radius 2 is 2.17 bits per heavy atom. The van der Waals surface area contributed by atoms with Gasteiger partial charge in [-0.05, 0) is 25.8 Å². The summed E-state index contributed by atoms with van der Waals surface area (Å²) in [5.41, 5.74) is 6.51. The molecule has 0 bridgehead atoms. The molecular weight excluding hydrogens is 228 g/mol. The second kappa shape index (κ2) is 6.30. The number of rotatable bonds is 7. The van der Waals surface area contributed by atoms with E-state index in [1.807, 2.05) is 34.9 Å². The molecule has 0 aliphatic heterocycles.